The lowest BCUT2D eigenvalue weighted by Crippen LogP contribution is -2.39. The molecule has 0 aromatic heterocycles. The molecule has 5 nitrogen and oxygen atoms in total. The Balaban J connectivity index is 4.65. The molecule has 0 aromatic rings. The zero-order valence-corrected chi connectivity index (χ0v) is 8.52. The van der Waals surface area contributed by atoms with E-state index in [1.165, 1.54) is 0 Å². The molecule has 0 unspecified atom stereocenters. The van der Waals surface area contributed by atoms with E-state index < -0.39 is 4.92 Å². The van der Waals surface area contributed by atoms with Crippen molar-refractivity contribution in [3.05, 3.63) is 22.1 Å². The fourth-order valence-corrected chi connectivity index (χ4v) is 1.37. The van der Waals surface area contributed by atoms with E-state index in [0.717, 1.165) is 6.20 Å². The Morgan fingerprint density at radius 2 is 1.77 bits per heavy atom. The summed E-state index contributed by atoms with van der Waals surface area (Å²) >= 11 is 0. The van der Waals surface area contributed by atoms with Crippen LogP contribution in [-0.2, 0) is 0 Å². The summed E-state index contributed by atoms with van der Waals surface area (Å²) in [5, 5.41) is 10.2. The van der Waals surface area contributed by atoms with E-state index in [1.54, 1.807) is 4.90 Å². The van der Waals surface area contributed by atoms with E-state index in [0.29, 0.717) is 0 Å². The smallest absolute Gasteiger partial charge is 0.274 e. The zero-order chi connectivity index (χ0) is 10.6. The molecule has 5 heteroatoms. The Morgan fingerprint density at radius 1 is 1.38 bits per heavy atom. The highest BCUT2D eigenvalue weighted by molar-refractivity contribution is 4.94. The number of rotatable bonds is 4. The van der Waals surface area contributed by atoms with Crippen LogP contribution in [-0.4, -0.2) is 21.9 Å². The molecule has 0 rings (SSSR count). The van der Waals surface area contributed by atoms with Gasteiger partial charge in [0.15, 0.2) is 5.82 Å². The first-order valence-corrected chi connectivity index (χ1v) is 4.25. The highest BCUT2D eigenvalue weighted by Gasteiger charge is 2.16. The van der Waals surface area contributed by atoms with Crippen LogP contribution in [0.5, 0.6) is 0 Å². The molecule has 0 aliphatic heterocycles. The summed E-state index contributed by atoms with van der Waals surface area (Å²) in [5.74, 6) is 0.204. The Labute approximate surface area is 78.4 Å². The van der Waals surface area contributed by atoms with Gasteiger partial charge in [0.25, 0.3) is 6.20 Å². The van der Waals surface area contributed by atoms with Crippen molar-refractivity contribution in [3.8, 4) is 0 Å². The number of hydrogen-bond acceptors (Lipinski definition) is 4. The molecular formula is C8H17N3O2. The van der Waals surface area contributed by atoms with Crippen molar-refractivity contribution in [3.63, 3.8) is 0 Å². The van der Waals surface area contributed by atoms with Crippen LogP contribution in [0.4, 0.5) is 0 Å². The van der Waals surface area contributed by atoms with Crippen LogP contribution in [0.2, 0.25) is 0 Å². The molecule has 13 heavy (non-hydrogen) atoms. The molecule has 0 heterocycles. The maximum atomic E-state index is 10.2. The van der Waals surface area contributed by atoms with Gasteiger partial charge in [-0.05, 0) is 27.7 Å². The second kappa shape index (κ2) is 4.69. The fourth-order valence-electron chi connectivity index (χ4n) is 1.37. The van der Waals surface area contributed by atoms with Crippen LogP contribution in [0.3, 0.4) is 0 Å². The number of nitrogens with zero attached hydrogens (tertiary/aromatic N) is 2. The predicted molar refractivity (Wildman–Crippen MR) is 51.4 cm³/mol. The number of nitro groups is 1. The SMILES string of the molecule is CC(C)N(/C(N)=C/[N+](=O)[O-])C(C)C. The van der Waals surface area contributed by atoms with Gasteiger partial charge in [0.05, 0.1) is 4.92 Å². The summed E-state index contributed by atoms with van der Waals surface area (Å²) in [7, 11) is 0. The van der Waals surface area contributed by atoms with Gasteiger partial charge >= 0.3 is 0 Å². The molecule has 2 N–H and O–H groups in total. The van der Waals surface area contributed by atoms with Crippen molar-refractivity contribution >= 4 is 0 Å². The maximum absolute atomic E-state index is 10.2. The number of hydrogen-bond donors (Lipinski definition) is 1. The Bertz CT molecular complexity index is 203. The lowest BCUT2D eigenvalue weighted by molar-refractivity contribution is -0.404. The number of nitrogens with two attached hydrogens (primary N) is 1. The van der Waals surface area contributed by atoms with E-state index in [1.807, 2.05) is 27.7 Å². The minimum Gasteiger partial charge on any atom is -0.380 e. The lowest BCUT2D eigenvalue weighted by atomic mass is 10.2. The normalized spacial score (nSPS) is 12.3. The quantitative estimate of drug-likeness (QED) is 0.529. The third-order valence-electron chi connectivity index (χ3n) is 1.65. The summed E-state index contributed by atoms with van der Waals surface area (Å²) < 4.78 is 0. The third-order valence-corrected chi connectivity index (χ3v) is 1.65. The molecule has 0 amide bonds. The minimum absolute atomic E-state index is 0.163. The summed E-state index contributed by atoms with van der Waals surface area (Å²) in [6.45, 7) is 7.78. The average Bonchev–Trinajstić information content (AvgIpc) is 1.81. The predicted octanol–water partition coefficient (Wildman–Crippen LogP) is 1.14. The maximum Gasteiger partial charge on any atom is 0.274 e. The molecule has 0 atom stereocenters. The molecular weight excluding hydrogens is 170 g/mol. The van der Waals surface area contributed by atoms with Crippen LogP contribution >= 0.6 is 0 Å². The average molecular weight is 187 g/mol. The standard InChI is InChI=1S/C8H17N3O2/c1-6(2)11(7(3)4)8(9)5-10(12)13/h5-7H,9H2,1-4H3/b8-5+. The van der Waals surface area contributed by atoms with Gasteiger partial charge in [0.1, 0.15) is 0 Å². The van der Waals surface area contributed by atoms with Crippen molar-refractivity contribution in [2.24, 2.45) is 5.73 Å². The first kappa shape index (κ1) is 11.7. The van der Waals surface area contributed by atoms with Gasteiger partial charge in [-0.1, -0.05) is 0 Å². The minimum atomic E-state index is -0.535. The second-order valence-electron chi connectivity index (χ2n) is 3.43. The first-order valence-electron chi connectivity index (χ1n) is 4.25. The second-order valence-corrected chi connectivity index (χ2v) is 3.43. The molecule has 0 aliphatic carbocycles. The van der Waals surface area contributed by atoms with E-state index >= 15 is 0 Å². The van der Waals surface area contributed by atoms with Gasteiger partial charge in [0, 0.05) is 12.1 Å². The monoisotopic (exact) mass is 187 g/mol. The van der Waals surface area contributed by atoms with E-state index in [-0.39, 0.29) is 17.9 Å². The van der Waals surface area contributed by atoms with Crippen molar-refractivity contribution in [1.82, 2.24) is 4.90 Å². The van der Waals surface area contributed by atoms with E-state index in [4.69, 9.17) is 5.73 Å². The lowest BCUT2D eigenvalue weighted by Gasteiger charge is -2.31. The van der Waals surface area contributed by atoms with Crippen molar-refractivity contribution in [1.29, 1.82) is 0 Å². The van der Waals surface area contributed by atoms with Crippen LogP contribution in [0, 0.1) is 10.1 Å². The van der Waals surface area contributed by atoms with Gasteiger partial charge in [0.2, 0.25) is 0 Å². The van der Waals surface area contributed by atoms with Crippen molar-refractivity contribution in [2.75, 3.05) is 0 Å². The van der Waals surface area contributed by atoms with Gasteiger partial charge < -0.3 is 10.6 Å². The van der Waals surface area contributed by atoms with Crippen LogP contribution in [0.1, 0.15) is 27.7 Å². The van der Waals surface area contributed by atoms with Gasteiger partial charge in [-0.25, -0.2) is 0 Å². The highest BCUT2D eigenvalue weighted by Crippen LogP contribution is 2.09. The summed E-state index contributed by atoms with van der Waals surface area (Å²) in [5.41, 5.74) is 5.57. The first-order chi connectivity index (χ1) is 5.86. The Hall–Kier alpha value is -1.26. The van der Waals surface area contributed by atoms with Gasteiger partial charge in [-0.15, -0.1) is 0 Å². The van der Waals surface area contributed by atoms with Crippen LogP contribution < -0.4 is 5.73 Å². The highest BCUT2D eigenvalue weighted by atomic mass is 16.6. The zero-order valence-electron chi connectivity index (χ0n) is 8.52. The third kappa shape index (κ3) is 3.78. The molecule has 76 valence electrons. The molecule has 0 fully saturated rings. The molecule has 0 spiro atoms. The van der Waals surface area contributed by atoms with Crippen molar-refractivity contribution in [2.45, 2.75) is 39.8 Å². The Kier molecular flexibility index (Phi) is 4.23. The molecule has 0 saturated carbocycles. The fraction of sp³-hybridized carbons (Fsp3) is 0.750. The summed E-state index contributed by atoms with van der Waals surface area (Å²) in [4.78, 5) is 11.4. The topological polar surface area (TPSA) is 72.4 Å². The molecule has 0 saturated heterocycles. The van der Waals surface area contributed by atoms with Crippen LogP contribution in [0.15, 0.2) is 12.0 Å². The van der Waals surface area contributed by atoms with E-state index in [2.05, 4.69) is 0 Å². The van der Waals surface area contributed by atoms with Crippen LogP contribution in [0.25, 0.3) is 0 Å². The summed E-state index contributed by atoms with van der Waals surface area (Å²) in [6, 6.07) is 0.326. The molecule has 0 aliphatic rings. The largest absolute Gasteiger partial charge is 0.380 e. The Morgan fingerprint density at radius 3 is 2.00 bits per heavy atom. The molecule has 0 aromatic carbocycles. The molecule has 0 bridgehead atoms. The van der Waals surface area contributed by atoms with Gasteiger partial charge in [-0.2, -0.15) is 0 Å². The van der Waals surface area contributed by atoms with Gasteiger partial charge in [-0.3, -0.25) is 10.1 Å². The molecule has 0 radical (unpaired) electrons. The van der Waals surface area contributed by atoms with E-state index in [9.17, 15) is 10.1 Å². The summed E-state index contributed by atoms with van der Waals surface area (Å²) in [6.07, 6.45) is 0.833. The van der Waals surface area contributed by atoms with Crippen molar-refractivity contribution < 1.29 is 4.92 Å².